The predicted octanol–water partition coefficient (Wildman–Crippen LogP) is 3.41. The van der Waals surface area contributed by atoms with E-state index in [9.17, 15) is 18.0 Å². The predicted molar refractivity (Wildman–Crippen MR) is 123 cm³/mol. The van der Waals surface area contributed by atoms with Crippen LogP contribution < -0.4 is 4.72 Å². The van der Waals surface area contributed by atoms with Crippen molar-refractivity contribution in [3.63, 3.8) is 0 Å². The van der Waals surface area contributed by atoms with E-state index in [-0.39, 0.29) is 16.0 Å². The topological polar surface area (TPSA) is 86.8 Å². The molecule has 1 N–H and O–H groups in total. The summed E-state index contributed by atoms with van der Waals surface area (Å²) in [7, 11) is -3.85. The molecule has 11 heteroatoms. The van der Waals surface area contributed by atoms with Gasteiger partial charge in [-0.3, -0.25) is 9.59 Å². The number of carbonyl (C=O) groups is 2. The Morgan fingerprint density at radius 1 is 1.10 bits per heavy atom. The summed E-state index contributed by atoms with van der Waals surface area (Å²) in [6.07, 6.45) is 3.42. The Bertz CT molecular complexity index is 1080. The van der Waals surface area contributed by atoms with E-state index in [1.807, 2.05) is 11.0 Å². The van der Waals surface area contributed by atoms with Crippen LogP contribution in [0.4, 0.5) is 0 Å². The molecule has 2 aromatic rings. The van der Waals surface area contributed by atoms with Gasteiger partial charge < -0.3 is 9.80 Å². The number of amides is 2. The second-order valence-electron chi connectivity index (χ2n) is 7.78. The van der Waals surface area contributed by atoms with E-state index in [1.54, 1.807) is 19.1 Å². The third kappa shape index (κ3) is 4.83. The second-order valence-corrected chi connectivity index (χ2v) is 12.5. The van der Waals surface area contributed by atoms with Crippen LogP contribution in [0.5, 0.6) is 0 Å². The SMILES string of the molecule is C[C@@H](C(=O)N1CCCCC1)N1CC[C@@H](NS(=O)(=O)c2ccc(-c3ccc(Cl)s3)s2)C1=O. The van der Waals surface area contributed by atoms with E-state index in [4.69, 9.17) is 11.6 Å². The van der Waals surface area contributed by atoms with Crippen LogP contribution in [0.1, 0.15) is 32.6 Å². The summed E-state index contributed by atoms with van der Waals surface area (Å²) in [5.41, 5.74) is 0. The van der Waals surface area contributed by atoms with Gasteiger partial charge in [0.2, 0.25) is 11.8 Å². The Kier molecular flexibility index (Phi) is 6.73. The largest absolute Gasteiger partial charge is 0.341 e. The average molecular weight is 502 g/mol. The number of thiophene rings is 2. The van der Waals surface area contributed by atoms with E-state index < -0.39 is 22.1 Å². The molecule has 2 saturated heterocycles. The fourth-order valence-electron chi connectivity index (χ4n) is 4.00. The molecule has 2 aliphatic heterocycles. The first-order chi connectivity index (χ1) is 14.8. The van der Waals surface area contributed by atoms with Gasteiger partial charge in [-0.25, -0.2) is 8.42 Å². The monoisotopic (exact) mass is 501 g/mol. The number of hydrogen-bond donors (Lipinski definition) is 1. The number of carbonyl (C=O) groups excluding carboxylic acids is 2. The number of nitrogens with one attached hydrogen (secondary N) is 1. The summed E-state index contributed by atoms with van der Waals surface area (Å²) in [4.78, 5) is 30.7. The first-order valence-corrected chi connectivity index (χ1v) is 13.7. The van der Waals surface area contributed by atoms with Gasteiger partial charge in [0.15, 0.2) is 0 Å². The van der Waals surface area contributed by atoms with Gasteiger partial charge in [0, 0.05) is 29.4 Å². The minimum atomic E-state index is -3.85. The van der Waals surface area contributed by atoms with Crippen LogP contribution in [-0.2, 0) is 19.6 Å². The molecule has 2 amide bonds. The molecule has 4 heterocycles. The van der Waals surface area contributed by atoms with E-state index >= 15 is 0 Å². The zero-order valence-corrected chi connectivity index (χ0v) is 20.2. The van der Waals surface area contributed by atoms with Gasteiger partial charge in [0.25, 0.3) is 10.0 Å². The highest BCUT2D eigenvalue weighted by molar-refractivity contribution is 7.91. The highest BCUT2D eigenvalue weighted by Gasteiger charge is 2.40. The molecule has 0 aromatic carbocycles. The Labute approximate surface area is 195 Å². The van der Waals surface area contributed by atoms with Crippen molar-refractivity contribution in [1.29, 1.82) is 0 Å². The summed E-state index contributed by atoms with van der Waals surface area (Å²) < 4.78 is 29.1. The molecule has 0 unspecified atom stereocenters. The van der Waals surface area contributed by atoms with Crippen molar-refractivity contribution in [3.05, 3.63) is 28.6 Å². The number of nitrogens with zero attached hydrogens (tertiary/aromatic N) is 2. The zero-order chi connectivity index (χ0) is 22.2. The molecule has 2 aromatic heterocycles. The summed E-state index contributed by atoms with van der Waals surface area (Å²) in [6.45, 7) is 3.52. The minimum Gasteiger partial charge on any atom is -0.341 e. The van der Waals surface area contributed by atoms with E-state index in [2.05, 4.69) is 4.72 Å². The Balaban J connectivity index is 1.42. The van der Waals surface area contributed by atoms with E-state index in [0.717, 1.165) is 53.4 Å². The zero-order valence-electron chi connectivity index (χ0n) is 17.0. The van der Waals surface area contributed by atoms with Crippen molar-refractivity contribution >= 4 is 56.1 Å². The number of halogens is 1. The molecule has 0 bridgehead atoms. The molecule has 4 rings (SSSR count). The van der Waals surface area contributed by atoms with Crippen LogP contribution in [0.3, 0.4) is 0 Å². The summed E-state index contributed by atoms with van der Waals surface area (Å²) in [5.74, 6) is -0.405. The number of hydrogen-bond acceptors (Lipinski definition) is 6. The maximum Gasteiger partial charge on any atom is 0.250 e. The second kappa shape index (κ2) is 9.19. The third-order valence-corrected chi connectivity index (χ3v) is 10.2. The van der Waals surface area contributed by atoms with Crippen LogP contribution >= 0.6 is 34.3 Å². The summed E-state index contributed by atoms with van der Waals surface area (Å²) in [6, 6.07) is 5.45. The van der Waals surface area contributed by atoms with Crippen LogP contribution in [0, 0.1) is 0 Å². The smallest absolute Gasteiger partial charge is 0.250 e. The molecule has 0 spiro atoms. The molecule has 0 radical (unpaired) electrons. The van der Waals surface area contributed by atoms with Crippen molar-refractivity contribution < 1.29 is 18.0 Å². The number of piperidine rings is 1. The Morgan fingerprint density at radius 3 is 2.45 bits per heavy atom. The van der Waals surface area contributed by atoms with Crippen molar-refractivity contribution in [2.75, 3.05) is 19.6 Å². The van der Waals surface area contributed by atoms with Gasteiger partial charge in [-0.05, 0) is 56.9 Å². The van der Waals surface area contributed by atoms with Crippen LogP contribution in [0.15, 0.2) is 28.5 Å². The fraction of sp³-hybridized carbons (Fsp3) is 0.500. The van der Waals surface area contributed by atoms with Gasteiger partial charge in [-0.1, -0.05) is 11.6 Å². The molecular formula is C20H24ClN3O4S3. The van der Waals surface area contributed by atoms with E-state index in [0.29, 0.717) is 17.3 Å². The van der Waals surface area contributed by atoms with Crippen LogP contribution in [0.2, 0.25) is 4.34 Å². The first kappa shape index (κ1) is 22.7. The molecular weight excluding hydrogens is 478 g/mol. The first-order valence-electron chi connectivity index (χ1n) is 10.2. The van der Waals surface area contributed by atoms with Gasteiger partial charge in [0.05, 0.1) is 4.34 Å². The molecule has 0 aliphatic carbocycles. The maximum atomic E-state index is 12.9. The van der Waals surface area contributed by atoms with Crippen molar-refractivity contribution in [1.82, 2.24) is 14.5 Å². The summed E-state index contributed by atoms with van der Waals surface area (Å²) >= 11 is 8.49. The third-order valence-electron chi connectivity index (χ3n) is 5.69. The normalized spacial score (nSPS) is 21.0. The fourth-order valence-corrected chi connectivity index (χ4v) is 7.68. The number of likely N-dealkylation sites (tertiary alicyclic amines) is 2. The van der Waals surface area contributed by atoms with Gasteiger partial charge in [-0.2, -0.15) is 4.72 Å². The maximum absolute atomic E-state index is 12.9. The lowest BCUT2D eigenvalue weighted by Gasteiger charge is -2.32. The molecule has 168 valence electrons. The van der Waals surface area contributed by atoms with Crippen LogP contribution in [-0.4, -0.2) is 61.7 Å². The lowest BCUT2D eigenvalue weighted by molar-refractivity contribution is -0.143. The van der Waals surface area contributed by atoms with Gasteiger partial charge in [-0.15, -0.1) is 22.7 Å². The van der Waals surface area contributed by atoms with Crippen molar-refractivity contribution in [2.24, 2.45) is 0 Å². The summed E-state index contributed by atoms with van der Waals surface area (Å²) in [5, 5.41) is 0. The van der Waals surface area contributed by atoms with E-state index in [1.165, 1.54) is 22.3 Å². The Morgan fingerprint density at radius 2 is 1.77 bits per heavy atom. The Hall–Kier alpha value is -1.46. The van der Waals surface area contributed by atoms with Gasteiger partial charge in [0.1, 0.15) is 16.3 Å². The molecule has 7 nitrogen and oxygen atoms in total. The van der Waals surface area contributed by atoms with Gasteiger partial charge >= 0.3 is 0 Å². The molecule has 2 fully saturated rings. The molecule has 2 atom stereocenters. The number of sulfonamides is 1. The standard InChI is InChI=1S/C20H24ClN3O4S3/c1-13(19(25)23-10-3-2-4-11-23)24-12-9-14(20(24)26)22-31(27,28)18-8-6-16(30-18)15-5-7-17(21)29-15/h5-8,13-14,22H,2-4,9-12H2,1H3/t13-,14+/m0/s1. The van der Waals surface area contributed by atoms with Crippen molar-refractivity contribution in [3.8, 4) is 9.75 Å². The average Bonchev–Trinajstić information content (AvgIpc) is 3.49. The molecule has 31 heavy (non-hydrogen) atoms. The highest BCUT2D eigenvalue weighted by atomic mass is 35.5. The minimum absolute atomic E-state index is 0.0611. The highest BCUT2D eigenvalue weighted by Crippen LogP contribution is 2.37. The quantitative estimate of drug-likeness (QED) is 0.657. The molecule has 2 aliphatic rings. The lowest BCUT2D eigenvalue weighted by Crippen LogP contribution is -2.51. The number of rotatable bonds is 6. The molecule has 0 saturated carbocycles. The van der Waals surface area contributed by atoms with Crippen LogP contribution in [0.25, 0.3) is 9.75 Å². The lowest BCUT2D eigenvalue weighted by atomic mass is 10.1. The van der Waals surface area contributed by atoms with Crippen molar-refractivity contribution in [2.45, 2.75) is 48.9 Å².